The first-order valence-corrected chi connectivity index (χ1v) is 8.28. The molecule has 0 fully saturated rings. The largest absolute Gasteiger partial charge is 0.312 e. The van der Waals surface area contributed by atoms with Crippen LogP contribution in [0.3, 0.4) is 0 Å². The molecule has 114 valence electrons. The smallest absolute Gasteiger partial charge is 0.256 e. The number of anilines is 1. The third kappa shape index (κ3) is 2.71. The molecule has 0 radical (unpaired) electrons. The van der Waals surface area contributed by atoms with E-state index in [4.69, 9.17) is 0 Å². The topological polar surface area (TPSA) is 52.9 Å². The molecule has 0 aliphatic carbocycles. The normalized spacial score (nSPS) is 10.5. The van der Waals surface area contributed by atoms with E-state index in [-0.39, 0.29) is 5.91 Å². The molecule has 1 amide bonds. The summed E-state index contributed by atoms with van der Waals surface area (Å²) in [4.78, 5) is 13.8. The van der Waals surface area contributed by atoms with Crippen molar-refractivity contribution in [3.8, 4) is 6.07 Å². The summed E-state index contributed by atoms with van der Waals surface area (Å²) in [6.45, 7) is 4.00. The van der Waals surface area contributed by atoms with Crippen molar-refractivity contribution in [1.82, 2.24) is 0 Å². The zero-order valence-electron chi connectivity index (χ0n) is 13.0. The lowest BCUT2D eigenvalue weighted by Crippen LogP contribution is -2.12. The Bertz CT molecular complexity index is 929. The lowest BCUT2D eigenvalue weighted by molar-refractivity contribution is 0.102. The number of amides is 1. The van der Waals surface area contributed by atoms with Crippen LogP contribution < -0.4 is 5.32 Å². The molecule has 2 aromatic carbocycles. The van der Waals surface area contributed by atoms with Crippen LogP contribution in [0.15, 0.2) is 42.5 Å². The number of carbonyl (C=O) groups is 1. The zero-order chi connectivity index (χ0) is 16.4. The van der Waals surface area contributed by atoms with Crippen molar-refractivity contribution >= 4 is 33.0 Å². The summed E-state index contributed by atoms with van der Waals surface area (Å²) < 4.78 is 0. The quantitative estimate of drug-likeness (QED) is 0.746. The average Bonchev–Trinajstić information content (AvgIpc) is 2.88. The standard InChI is InChI=1S/C19H16N2OS/c1-3-14-12(2)23-19(17(14)11-20)21-18(22)16-10-6-8-13-7-4-5-9-15(13)16/h4-10H,3H2,1-2H3,(H,21,22). The van der Waals surface area contributed by atoms with Gasteiger partial charge in [0.2, 0.25) is 0 Å². The Kier molecular flexibility index (Phi) is 4.14. The number of thiophene rings is 1. The van der Waals surface area contributed by atoms with Gasteiger partial charge >= 0.3 is 0 Å². The van der Waals surface area contributed by atoms with E-state index in [1.165, 1.54) is 11.3 Å². The van der Waals surface area contributed by atoms with Gasteiger partial charge in [-0.2, -0.15) is 5.26 Å². The average molecular weight is 320 g/mol. The third-order valence-electron chi connectivity index (χ3n) is 3.94. The van der Waals surface area contributed by atoms with Crippen LogP contribution >= 0.6 is 11.3 Å². The highest BCUT2D eigenvalue weighted by Gasteiger charge is 2.18. The van der Waals surface area contributed by atoms with Gasteiger partial charge in [-0.3, -0.25) is 4.79 Å². The fraction of sp³-hybridized carbons (Fsp3) is 0.158. The number of benzene rings is 2. The Morgan fingerprint density at radius 1 is 1.22 bits per heavy atom. The molecule has 0 aliphatic heterocycles. The van der Waals surface area contributed by atoms with Gasteiger partial charge in [0.15, 0.2) is 0 Å². The summed E-state index contributed by atoms with van der Waals surface area (Å²) in [5, 5.41) is 14.9. The van der Waals surface area contributed by atoms with Crippen LogP contribution in [0.4, 0.5) is 5.00 Å². The highest BCUT2D eigenvalue weighted by Crippen LogP contribution is 2.33. The Labute approximate surface area is 139 Å². The molecule has 0 saturated heterocycles. The number of aryl methyl sites for hydroxylation is 1. The Morgan fingerprint density at radius 2 is 1.96 bits per heavy atom. The van der Waals surface area contributed by atoms with Gasteiger partial charge in [-0.1, -0.05) is 43.3 Å². The van der Waals surface area contributed by atoms with Crippen LogP contribution in [0, 0.1) is 18.3 Å². The molecule has 0 aliphatic rings. The SMILES string of the molecule is CCc1c(C)sc(NC(=O)c2cccc3ccccc23)c1C#N. The van der Waals surface area contributed by atoms with E-state index < -0.39 is 0 Å². The molecule has 1 heterocycles. The van der Waals surface area contributed by atoms with Crippen molar-refractivity contribution in [3.05, 3.63) is 64.0 Å². The lowest BCUT2D eigenvalue weighted by Gasteiger charge is -2.07. The Balaban J connectivity index is 2.01. The van der Waals surface area contributed by atoms with Gasteiger partial charge in [0.1, 0.15) is 11.1 Å². The van der Waals surface area contributed by atoms with Crippen LogP contribution in [0.1, 0.15) is 33.3 Å². The number of fused-ring (bicyclic) bond motifs is 1. The molecule has 3 aromatic rings. The first kappa shape index (κ1) is 15.3. The minimum atomic E-state index is -0.179. The van der Waals surface area contributed by atoms with Gasteiger partial charge in [0, 0.05) is 10.4 Å². The molecule has 1 aromatic heterocycles. The number of carbonyl (C=O) groups excluding carboxylic acids is 1. The summed E-state index contributed by atoms with van der Waals surface area (Å²) in [6.07, 6.45) is 0.787. The highest BCUT2D eigenvalue weighted by molar-refractivity contribution is 7.16. The second kappa shape index (κ2) is 6.23. The van der Waals surface area contributed by atoms with Crippen LogP contribution in [-0.2, 0) is 6.42 Å². The lowest BCUT2D eigenvalue weighted by atomic mass is 10.0. The predicted molar refractivity (Wildman–Crippen MR) is 95.1 cm³/mol. The second-order valence-corrected chi connectivity index (χ2v) is 6.51. The molecule has 0 bridgehead atoms. The number of nitrogens with one attached hydrogen (secondary N) is 1. The van der Waals surface area contributed by atoms with Gasteiger partial charge in [-0.25, -0.2) is 0 Å². The molecule has 0 spiro atoms. The summed E-state index contributed by atoms with van der Waals surface area (Å²) in [7, 11) is 0. The van der Waals surface area contributed by atoms with Gasteiger partial charge in [-0.15, -0.1) is 11.3 Å². The van der Waals surface area contributed by atoms with E-state index in [2.05, 4.69) is 11.4 Å². The van der Waals surface area contributed by atoms with E-state index in [9.17, 15) is 10.1 Å². The zero-order valence-corrected chi connectivity index (χ0v) is 13.8. The first-order chi connectivity index (χ1) is 11.2. The number of rotatable bonds is 3. The van der Waals surface area contributed by atoms with Crippen molar-refractivity contribution in [2.75, 3.05) is 5.32 Å². The third-order valence-corrected chi connectivity index (χ3v) is 5.00. The molecule has 0 saturated carbocycles. The molecular formula is C19H16N2OS. The van der Waals surface area contributed by atoms with Crippen LogP contribution in [0.5, 0.6) is 0 Å². The Morgan fingerprint density at radius 3 is 2.70 bits per heavy atom. The van der Waals surface area contributed by atoms with Crippen LogP contribution in [0.25, 0.3) is 10.8 Å². The molecule has 0 atom stereocenters. The van der Waals surface area contributed by atoms with Gasteiger partial charge in [0.05, 0.1) is 5.56 Å². The minimum absolute atomic E-state index is 0.179. The molecular weight excluding hydrogens is 304 g/mol. The minimum Gasteiger partial charge on any atom is -0.312 e. The Hall–Kier alpha value is -2.64. The monoisotopic (exact) mass is 320 g/mol. The van der Waals surface area contributed by atoms with Crippen molar-refractivity contribution in [2.45, 2.75) is 20.3 Å². The van der Waals surface area contributed by atoms with Gasteiger partial charge < -0.3 is 5.32 Å². The first-order valence-electron chi connectivity index (χ1n) is 7.47. The van der Waals surface area contributed by atoms with Crippen LogP contribution in [-0.4, -0.2) is 5.91 Å². The van der Waals surface area contributed by atoms with Crippen molar-refractivity contribution in [1.29, 1.82) is 5.26 Å². The second-order valence-electron chi connectivity index (χ2n) is 5.29. The van der Waals surface area contributed by atoms with Crippen LogP contribution in [0.2, 0.25) is 0 Å². The number of hydrogen-bond acceptors (Lipinski definition) is 3. The van der Waals surface area contributed by atoms with E-state index >= 15 is 0 Å². The van der Waals surface area contributed by atoms with E-state index in [0.29, 0.717) is 16.1 Å². The number of nitriles is 1. The van der Waals surface area contributed by atoms with Crippen molar-refractivity contribution < 1.29 is 4.79 Å². The summed E-state index contributed by atoms with van der Waals surface area (Å²) in [6, 6.07) is 15.7. The van der Waals surface area contributed by atoms with Crippen molar-refractivity contribution in [3.63, 3.8) is 0 Å². The maximum absolute atomic E-state index is 12.7. The van der Waals surface area contributed by atoms with E-state index in [0.717, 1.165) is 27.6 Å². The summed E-state index contributed by atoms with van der Waals surface area (Å²) in [5.41, 5.74) is 2.23. The maximum Gasteiger partial charge on any atom is 0.256 e. The van der Waals surface area contributed by atoms with E-state index in [1.807, 2.05) is 56.3 Å². The highest BCUT2D eigenvalue weighted by atomic mass is 32.1. The van der Waals surface area contributed by atoms with Gasteiger partial charge in [0.25, 0.3) is 5.91 Å². The number of nitrogens with zero attached hydrogens (tertiary/aromatic N) is 1. The maximum atomic E-state index is 12.7. The van der Waals surface area contributed by atoms with Gasteiger partial charge in [-0.05, 0) is 35.7 Å². The molecule has 0 unspecified atom stereocenters. The predicted octanol–water partition coefficient (Wildman–Crippen LogP) is 4.90. The summed E-state index contributed by atoms with van der Waals surface area (Å²) >= 11 is 1.46. The molecule has 3 nitrogen and oxygen atoms in total. The van der Waals surface area contributed by atoms with E-state index in [1.54, 1.807) is 0 Å². The molecule has 1 N–H and O–H groups in total. The molecule has 4 heteroatoms. The molecule has 23 heavy (non-hydrogen) atoms. The fourth-order valence-electron chi connectivity index (χ4n) is 2.80. The van der Waals surface area contributed by atoms with Crippen molar-refractivity contribution in [2.24, 2.45) is 0 Å². The fourth-order valence-corrected chi connectivity index (χ4v) is 3.90. The summed E-state index contributed by atoms with van der Waals surface area (Å²) in [5.74, 6) is -0.179. The number of hydrogen-bond donors (Lipinski definition) is 1. The molecule has 3 rings (SSSR count).